The first kappa shape index (κ1) is 16.5. The van der Waals surface area contributed by atoms with Gasteiger partial charge in [-0.05, 0) is 0 Å². The third-order valence-electron chi connectivity index (χ3n) is 0.133. The average Bonchev–Trinajstić information content (AvgIpc) is 1.27. The van der Waals surface area contributed by atoms with Crippen molar-refractivity contribution in [3.63, 3.8) is 0 Å². The molecule has 0 rings (SSSR count). The molecule has 0 aliphatic rings. The van der Waals surface area contributed by atoms with Crippen LogP contribution in [-0.4, -0.2) is 61.6 Å². The maximum absolute atomic E-state index is 8.95. The van der Waals surface area contributed by atoms with E-state index < -0.39 is 10.2 Å². The predicted molar refractivity (Wildman–Crippen MR) is 22.2 cm³/mol. The molecule has 0 N–H and O–H groups in total. The third-order valence-corrected chi connectivity index (χ3v) is 0.133. The van der Waals surface area contributed by atoms with Crippen molar-refractivity contribution in [3.05, 3.63) is 20.2 Å². The van der Waals surface area contributed by atoms with Gasteiger partial charge in [0.1, 0.15) is 0 Å². The molecule has 0 aliphatic carbocycles. The van der Waals surface area contributed by atoms with Crippen LogP contribution in [0, 0.1) is 20.2 Å². The minimum Gasteiger partial charge on any atom is 0 e. The maximum atomic E-state index is 8.95. The van der Waals surface area contributed by atoms with E-state index in [9.17, 15) is 0 Å². The fraction of sp³-hybridized carbons (Fsp3) is 0. The Bertz CT molecular complexity index is 91.1. The summed E-state index contributed by atoms with van der Waals surface area (Å²) in [5.74, 6) is 0. The van der Waals surface area contributed by atoms with Gasteiger partial charge in [-0.25, -0.2) is 0 Å². The van der Waals surface area contributed by atoms with Gasteiger partial charge in [-0.15, -0.1) is 20.2 Å². The molecule has 9 heavy (non-hydrogen) atoms. The van der Waals surface area contributed by atoms with E-state index in [1.807, 2.05) is 0 Å². The monoisotopic (exact) mass is 254 g/mol. The molecule has 0 saturated carbocycles. The van der Waals surface area contributed by atoms with Gasteiger partial charge >= 0.3 is 61.6 Å². The zero-order valence-electron chi connectivity index (χ0n) is 3.25. The molecule has 0 bridgehead atoms. The number of hydrogen-bond acceptors (Lipinski definition) is 5. The molecule has 0 radical (unpaired) electrons. The van der Waals surface area contributed by atoms with Crippen LogP contribution in [0.25, 0.3) is 0 Å². The molecule has 0 heterocycles. The Morgan fingerprint density at radius 2 is 1.33 bits per heavy atom. The van der Waals surface area contributed by atoms with Crippen molar-refractivity contribution in [2.24, 2.45) is 0 Å². The molecule has 0 unspecified atom stereocenters. The molecular formula is HKN2O5Pd. The second-order valence-electron chi connectivity index (χ2n) is 0.529. The van der Waals surface area contributed by atoms with Crippen LogP contribution in [0.2, 0.25) is 0 Å². The summed E-state index contributed by atoms with van der Waals surface area (Å²) in [6.45, 7) is 0. The molecule has 0 spiro atoms. The number of nitrogens with zero attached hydrogens (tertiary/aromatic N) is 2. The van der Waals surface area contributed by atoms with Crippen LogP contribution >= 0.6 is 0 Å². The van der Waals surface area contributed by atoms with Crippen LogP contribution < -0.4 is 0 Å². The summed E-state index contributed by atoms with van der Waals surface area (Å²) in [4.78, 5) is 20.6. The minimum absolute atomic E-state index is 0. The average molecular weight is 255 g/mol. The molecule has 0 aromatic carbocycles. The molecule has 0 saturated heterocycles. The SMILES string of the molecule is O=[N+]([O-])O[N+](=O)[O-].[KH].[Pd]. The van der Waals surface area contributed by atoms with E-state index in [-0.39, 0.29) is 71.8 Å². The smallest absolute Gasteiger partial charge is 0 e. The van der Waals surface area contributed by atoms with Crippen molar-refractivity contribution in [1.29, 1.82) is 0 Å². The Kier molecular flexibility index (Phi) is 16.3. The van der Waals surface area contributed by atoms with Gasteiger partial charge in [0.2, 0.25) is 0 Å². The topological polar surface area (TPSA) is 95.5 Å². The van der Waals surface area contributed by atoms with Gasteiger partial charge in [0, 0.05) is 25.4 Å². The summed E-state index contributed by atoms with van der Waals surface area (Å²) in [7, 11) is 0. The Hall–Kier alpha value is 0.899. The van der Waals surface area contributed by atoms with Crippen LogP contribution in [0.5, 0.6) is 0 Å². The van der Waals surface area contributed by atoms with Crippen LogP contribution in [0.15, 0.2) is 0 Å². The molecule has 0 atom stereocenters. The van der Waals surface area contributed by atoms with E-state index in [1.54, 1.807) is 0 Å². The normalized spacial score (nSPS) is 5.78. The van der Waals surface area contributed by atoms with Crippen molar-refractivity contribution >= 4 is 51.4 Å². The largest absolute Gasteiger partial charge is 0 e. The van der Waals surface area contributed by atoms with Crippen LogP contribution in [0.4, 0.5) is 0 Å². The Morgan fingerprint density at radius 3 is 1.33 bits per heavy atom. The molecular weight excluding hydrogens is 254 g/mol. The van der Waals surface area contributed by atoms with Crippen molar-refractivity contribution in [3.8, 4) is 0 Å². The van der Waals surface area contributed by atoms with Crippen molar-refractivity contribution in [2.75, 3.05) is 0 Å². The van der Waals surface area contributed by atoms with Gasteiger partial charge in [-0.2, -0.15) is 0 Å². The molecule has 0 aliphatic heterocycles. The maximum Gasteiger partial charge on any atom is 0 e. The summed E-state index contributed by atoms with van der Waals surface area (Å²) >= 11 is 0. The van der Waals surface area contributed by atoms with Gasteiger partial charge < -0.3 is 0 Å². The van der Waals surface area contributed by atoms with Crippen LogP contribution in [-0.2, 0) is 25.4 Å². The minimum atomic E-state index is -1.50. The third kappa shape index (κ3) is 17.6. The summed E-state index contributed by atoms with van der Waals surface area (Å²) in [5.41, 5.74) is 0. The fourth-order valence-electron chi connectivity index (χ4n) is 0.0544. The molecule has 7 nitrogen and oxygen atoms in total. The Morgan fingerprint density at radius 1 is 1.11 bits per heavy atom. The molecule has 0 aromatic rings. The second kappa shape index (κ2) is 8.90. The zero-order valence-corrected chi connectivity index (χ0v) is 4.81. The summed E-state index contributed by atoms with van der Waals surface area (Å²) in [6.07, 6.45) is 0. The first-order chi connectivity index (χ1) is 3.13. The quantitative estimate of drug-likeness (QED) is 0.348. The van der Waals surface area contributed by atoms with E-state index in [0.717, 1.165) is 0 Å². The van der Waals surface area contributed by atoms with Crippen molar-refractivity contribution < 1.29 is 35.5 Å². The van der Waals surface area contributed by atoms with Gasteiger partial charge in [-0.1, -0.05) is 0 Å². The molecule has 0 aromatic heterocycles. The second-order valence-corrected chi connectivity index (χ2v) is 0.529. The predicted octanol–water partition coefficient (Wildman–Crippen LogP) is -1.26. The van der Waals surface area contributed by atoms with Crippen LogP contribution in [0.3, 0.4) is 0 Å². The van der Waals surface area contributed by atoms with Crippen LogP contribution in [0.1, 0.15) is 0 Å². The molecule has 0 amide bonds. The van der Waals surface area contributed by atoms with E-state index in [0.29, 0.717) is 0 Å². The van der Waals surface area contributed by atoms with Gasteiger partial charge in [0.05, 0.1) is 0 Å². The van der Waals surface area contributed by atoms with E-state index in [1.165, 1.54) is 0 Å². The van der Waals surface area contributed by atoms with E-state index in [2.05, 4.69) is 4.94 Å². The number of rotatable bonds is 2. The molecule has 0 fully saturated rings. The zero-order chi connectivity index (χ0) is 5.86. The van der Waals surface area contributed by atoms with Gasteiger partial charge in [0.25, 0.3) is 0 Å². The van der Waals surface area contributed by atoms with Gasteiger partial charge in [-0.3, -0.25) is 0 Å². The summed E-state index contributed by atoms with van der Waals surface area (Å²) < 4.78 is 0. The standard InChI is InChI=1S/K.N2O5.Pd.H/c;3-1(4)7-2(5)6;;. The van der Waals surface area contributed by atoms with E-state index in [4.69, 9.17) is 20.2 Å². The molecule has 9 heteroatoms. The summed E-state index contributed by atoms with van der Waals surface area (Å²) in [5, 5.41) is 14.9. The van der Waals surface area contributed by atoms with Gasteiger partial charge in [0.15, 0.2) is 0 Å². The first-order valence-electron chi connectivity index (χ1n) is 1.10. The first-order valence-corrected chi connectivity index (χ1v) is 1.10. The Balaban J connectivity index is -0.000000180. The fourth-order valence-corrected chi connectivity index (χ4v) is 0.0544. The van der Waals surface area contributed by atoms with E-state index >= 15 is 0 Å². The van der Waals surface area contributed by atoms with Crippen molar-refractivity contribution in [1.82, 2.24) is 0 Å². The molecule has 52 valence electrons. The Labute approximate surface area is 105 Å². The van der Waals surface area contributed by atoms with Crippen molar-refractivity contribution in [2.45, 2.75) is 0 Å². The summed E-state index contributed by atoms with van der Waals surface area (Å²) in [6, 6.07) is 0. The number of hydrogen-bond donors (Lipinski definition) is 0.